The summed E-state index contributed by atoms with van der Waals surface area (Å²) in [5, 5.41) is 6.34. The van der Waals surface area contributed by atoms with Gasteiger partial charge in [-0.2, -0.15) is 0 Å². The van der Waals surface area contributed by atoms with Gasteiger partial charge in [-0.25, -0.2) is 8.42 Å². The van der Waals surface area contributed by atoms with Gasteiger partial charge in [-0.15, -0.1) is 0 Å². The molecule has 1 aromatic carbocycles. The van der Waals surface area contributed by atoms with E-state index in [0.717, 1.165) is 23.5 Å². The lowest BCUT2D eigenvalue weighted by atomic mass is 10.1. The maximum Gasteiger partial charge on any atom is 0.190 e. The molecule has 0 aliphatic rings. The quantitative estimate of drug-likeness (QED) is 0.342. The van der Waals surface area contributed by atoms with Gasteiger partial charge in [0.15, 0.2) is 17.5 Å². The second-order valence-corrected chi connectivity index (χ2v) is 8.07. The van der Waals surface area contributed by atoms with E-state index in [1.807, 2.05) is 32.0 Å². The Bertz CT molecular complexity index is 675. The Labute approximate surface area is 157 Å². The van der Waals surface area contributed by atoms with Gasteiger partial charge in [-0.3, -0.25) is 4.99 Å². The molecule has 0 bridgehead atoms. The Balaban J connectivity index is 2.46. The van der Waals surface area contributed by atoms with E-state index in [4.69, 9.17) is 9.47 Å². The molecule has 0 saturated heterocycles. The normalized spacial score (nSPS) is 11.9. The largest absolute Gasteiger partial charge is 0.490 e. The van der Waals surface area contributed by atoms with Crippen LogP contribution in [0.2, 0.25) is 0 Å². The predicted octanol–water partition coefficient (Wildman–Crippen LogP) is 1.63. The molecule has 0 radical (unpaired) electrons. The Hall–Kier alpha value is -1.96. The number of hydrogen-bond acceptors (Lipinski definition) is 5. The summed E-state index contributed by atoms with van der Waals surface area (Å²) in [7, 11) is -1.23. The number of hydrogen-bond donors (Lipinski definition) is 2. The van der Waals surface area contributed by atoms with E-state index in [0.29, 0.717) is 38.7 Å². The minimum atomic E-state index is -2.92. The van der Waals surface area contributed by atoms with Crippen molar-refractivity contribution in [1.82, 2.24) is 10.6 Å². The van der Waals surface area contributed by atoms with Crippen molar-refractivity contribution >= 4 is 15.8 Å². The van der Waals surface area contributed by atoms with E-state index in [-0.39, 0.29) is 5.75 Å². The summed E-state index contributed by atoms with van der Waals surface area (Å²) in [5.41, 5.74) is 1.14. The molecule has 0 spiro atoms. The standard InChI is InChI=1S/C18H31N3O4S/c1-5-24-16-9-8-15(14-17(16)25-6-2)10-12-21-18(19-3)20-11-7-13-26(4,22)23/h8-9,14H,5-7,10-13H2,1-4H3,(H2,19,20,21). The molecular formula is C18H31N3O4S. The molecule has 0 aliphatic carbocycles. The molecule has 2 N–H and O–H groups in total. The molecular weight excluding hydrogens is 354 g/mol. The van der Waals surface area contributed by atoms with E-state index in [1.165, 1.54) is 6.26 Å². The topological polar surface area (TPSA) is 89.0 Å². The van der Waals surface area contributed by atoms with Crippen LogP contribution in [0.4, 0.5) is 0 Å². The van der Waals surface area contributed by atoms with Gasteiger partial charge in [-0.1, -0.05) is 6.07 Å². The van der Waals surface area contributed by atoms with Gasteiger partial charge in [0, 0.05) is 26.4 Å². The van der Waals surface area contributed by atoms with Crippen molar-refractivity contribution in [1.29, 1.82) is 0 Å². The number of ether oxygens (including phenoxy) is 2. The molecule has 7 nitrogen and oxygen atoms in total. The lowest BCUT2D eigenvalue weighted by molar-refractivity contribution is 0.287. The van der Waals surface area contributed by atoms with Crippen LogP contribution in [0.3, 0.4) is 0 Å². The van der Waals surface area contributed by atoms with Crippen LogP contribution in [0.1, 0.15) is 25.8 Å². The van der Waals surface area contributed by atoms with E-state index in [2.05, 4.69) is 15.6 Å². The number of nitrogens with one attached hydrogen (secondary N) is 2. The van der Waals surface area contributed by atoms with E-state index >= 15 is 0 Å². The molecule has 8 heteroatoms. The summed E-state index contributed by atoms with van der Waals surface area (Å²) in [5.74, 6) is 2.35. The Kier molecular flexibility index (Phi) is 9.87. The zero-order chi connectivity index (χ0) is 19.4. The highest BCUT2D eigenvalue weighted by atomic mass is 32.2. The maximum atomic E-state index is 11.1. The monoisotopic (exact) mass is 385 g/mol. The van der Waals surface area contributed by atoms with Gasteiger partial charge in [0.25, 0.3) is 0 Å². The van der Waals surface area contributed by atoms with Crippen LogP contribution in [-0.2, 0) is 16.3 Å². The van der Waals surface area contributed by atoms with Crippen LogP contribution in [0, 0.1) is 0 Å². The minimum Gasteiger partial charge on any atom is -0.490 e. The zero-order valence-corrected chi connectivity index (χ0v) is 17.0. The van der Waals surface area contributed by atoms with Crippen molar-refractivity contribution in [3.8, 4) is 11.5 Å². The van der Waals surface area contributed by atoms with Crippen molar-refractivity contribution in [3.05, 3.63) is 23.8 Å². The third-order valence-electron chi connectivity index (χ3n) is 3.52. The van der Waals surface area contributed by atoms with E-state index in [9.17, 15) is 8.42 Å². The first-order valence-corrected chi connectivity index (χ1v) is 11.0. The molecule has 0 saturated carbocycles. The molecule has 1 rings (SSSR count). The number of sulfone groups is 1. The van der Waals surface area contributed by atoms with E-state index in [1.54, 1.807) is 7.05 Å². The fraction of sp³-hybridized carbons (Fsp3) is 0.611. The molecule has 26 heavy (non-hydrogen) atoms. The molecule has 0 aliphatic heterocycles. The Morgan fingerprint density at radius 2 is 1.73 bits per heavy atom. The maximum absolute atomic E-state index is 11.1. The van der Waals surface area contributed by atoms with Crippen molar-refractivity contribution in [2.24, 2.45) is 4.99 Å². The Morgan fingerprint density at radius 3 is 2.35 bits per heavy atom. The smallest absolute Gasteiger partial charge is 0.190 e. The Morgan fingerprint density at radius 1 is 1.08 bits per heavy atom. The van der Waals surface area contributed by atoms with Gasteiger partial charge >= 0.3 is 0 Å². The van der Waals surface area contributed by atoms with Crippen LogP contribution in [0.5, 0.6) is 11.5 Å². The highest BCUT2D eigenvalue weighted by molar-refractivity contribution is 7.90. The SMILES string of the molecule is CCOc1ccc(CCNC(=NC)NCCCS(C)(=O)=O)cc1OCC. The fourth-order valence-electron chi connectivity index (χ4n) is 2.34. The lowest BCUT2D eigenvalue weighted by Crippen LogP contribution is -2.39. The van der Waals surface area contributed by atoms with Crippen LogP contribution >= 0.6 is 0 Å². The average molecular weight is 386 g/mol. The van der Waals surface area contributed by atoms with Crippen LogP contribution < -0.4 is 20.1 Å². The first-order chi connectivity index (χ1) is 12.4. The first-order valence-electron chi connectivity index (χ1n) is 8.90. The van der Waals surface area contributed by atoms with Crippen molar-refractivity contribution in [2.75, 3.05) is 45.4 Å². The highest BCUT2D eigenvalue weighted by Gasteiger charge is 2.07. The first kappa shape index (κ1) is 22.1. The molecule has 0 fully saturated rings. The average Bonchev–Trinajstić information content (AvgIpc) is 2.58. The summed E-state index contributed by atoms with van der Waals surface area (Å²) < 4.78 is 33.5. The lowest BCUT2D eigenvalue weighted by Gasteiger charge is -2.14. The molecule has 0 heterocycles. The third kappa shape index (κ3) is 8.94. The number of rotatable bonds is 11. The summed E-state index contributed by atoms with van der Waals surface area (Å²) in [6, 6.07) is 5.96. The molecule has 0 atom stereocenters. The highest BCUT2D eigenvalue weighted by Crippen LogP contribution is 2.28. The molecule has 148 valence electrons. The molecule has 0 amide bonds. The van der Waals surface area contributed by atoms with Crippen molar-refractivity contribution < 1.29 is 17.9 Å². The fourth-order valence-corrected chi connectivity index (χ4v) is 3.01. The van der Waals surface area contributed by atoms with Gasteiger partial charge in [-0.05, 0) is 44.4 Å². The van der Waals surface area contributed by atoms with Gasteiger partial charge in [0.2, 0.25) is 0 Å². The van der Waals surface area contributed by atoms with Gasteiger partial charge in [0.05, 0.1) is 19.0 Å². The summed E-state index contributed by atoms with van der Waals surface area (Å²) in [6.45, 7) is 6.34. The summed E-state index contributed by atoms with van der Waals surface area (Å²) in [4.78, 5) is 4.14. The number of benzene rings is 1. The van der Waals surface area contributed by atoms with E-state index < -0.39 is 9.84 Å². The number of aliphatic imine (C=N–C) groups is 1. The number of nitrogens with zero attached hydrogens (tertiary/aromatic N) is 1. The van der Waals surface area contributed by atoms with Crippen molar-refractivity contribution in [3.63, 3.8) is 0 Å². The minimum absolute atomic E-state index is 0.170. The summed E-state index contributed by atoms with van der Waals surface area (Å²) >= 11 is 0. The van der Waals surface area contributed by atoms with Crippen molar-refractivity contribution in [2.45, 2.75) is 26.7 Å². The van der Waals surface area contributed by atoms with Gasteiger partial charge < -0.3 is 20.1 Å². The molecule has 0 aromatic heterocycles. The second kappa shape index (κ2) is 11.6. The zero-order valence-electron chi connectivity index (χ0n) is 16.2. The number of guanidine groups is 1. The molecule has 1 aromatic rings. The van der Waals surface area contributed by atoms with Crippen LogP contribution in [0.25, 0.3) is 0 Å². The molecule has 0 unspecified atom stereocenters. The van der Waals surface area contributed by atoms with Crippen LogP contribution in [-0.4, -0.2) is 59.7 Å². The predicted molar refractivity (Wildman–Crippen MR) is 106 cm³/mol. The summed E-state index contributed by atoms with van der Waals surface area (Å²) in [6.07, 6.45) is 2.60. The van der Waals surface area contributed by atoms with Gasteiger partial charge in [0.1, 0.15) is 9.84 Å². The second-order valence-electron chi connectivity index (χ2n) is 5.81. The van der Waals surface area contributed by atoms with Crippen LogP contribution in [0.15, 0.2) is 23.2 Å². The third-order valence-corrected chi connectivity index (χ3v) is 4.55.